The number of benzene rings is 2. The van der Waals surface area contributed by atoms with Gasteiger partial charge in [0.1, 0.15) is 12.1 Å². The Balaban J connectivity index is 1.47. The summed E-state index contributed by atoms with van der Waals surface area (Å²) >= 11 is 0. The molecule has 1 aliphatic heterocycles. The molecule has 0 radical (unpaired) electrons. The number of carbonyl (C=O) groups is 3. The third kappa shape index (κ3) is 3.22. The topological polar surface area (TPSA) is 78.5 Å². The second-order valence-corrected chi connectivity index (χ2v) is 7.01. The van der Waals surface area contributed by atoms with Gasteiger partial charge in [0.2, 0.25) is 5.91 Å². The van der Waals surface area contributed by atoms with Crippen molar-refractivity contribution in [1.29, 1.82) is 0 Å². The molecule has 4 rings (SSSR count). The number of rotatable bonds is 3. The van der Waals surface area contributed by atoms with Gasteiger partial charge in [0.25, 0.3) is 5.91 Å². The van der Waals surface area contributed by atoms with E-state index in [9.17, 15) is 27.6 Å². The van der Waals surface area contributed by atoms with Crippen LogP contribution in [0.3, 0.4) is 0 Å². The largest absolute Gasteiger partial charge is 0.416 e. The van der Waals surface area contributed by atoms with Gasteiger partial charge in [0, 0.05) is 5.69 Å². The number of hydrogen-bond donors (Lipinski definition) is 2. The first-order valence-electron chi connectivity index (χ1n) is 8.90. The fraction of sp³-hybridized carbons (Fsp3) is 0.250. The van der Waals surface area contributed by atoms with E-state index in [0.717, 1.165) is 40.3 Å². The Kier molecular flexibility index (Phi) is 4.33. The van der Waals surface area contributed by atoms with Crippen molar-refractivity contribution in [1.82, 2.24) is 10.2 Å². The lowest BCUT2D eigenvalue weighted by atomic mass is 9.92. The standard InChI is InChI=1S/C20H16F3N3O3/c21-20(22,23)13-5-7-14(8-6-13)24-16(27)11-26-17(28)19(25-18(26)29)10-9-12-3-1-2-4-15(12)19/h1-8H,9-11H2,(H,24,27)(H,25,29). The minimum absolute atomic E-state index is 0.135. The molecule has 2 N–H and O–H groups in total. The van der Waals surface area contributed by atoms with Crippen LogP contribution < -0.4 is 10.6 Å². The summed E-state index contributed by atoms with van der Waals surface area (Å²) in [5.41, 5.74) is -0.175. The molecule has 1 spiro atoms. The van der Waals surface area contributed by atoms with Crippen LogP contribution >= 0.6 is 0 Å². The SMILES string of the molecule is O=C(CN1C(=O)NC2(CCc3ccccc32)C1=O)Nc1ccc(C(F)(F)F)cc1. The molecule has 0 bridgehead atoms. The first kappa shape index (κ1) is 19.0. The Morgan fingerprint density at radius 1 is 1.10 bits per heavy atom. The van der Waals surface area contributed by atoms with E-state index in [1.165, 1.54) is 0 Å². The number of amides is 4. The molecule has 29 heavy (non-hydrogen) atoms. The number of imide groups is 1. The molecule has 2 aliphatic rings. The van der Waals surface area contributed by atoms with E-state index in [2.05, 4.69) is 10.6 Å². The van der Waals surface area contributed by atoms with E-state index in [0.29, 0.717) is 12.8 Å². The van der Waals surface area contributed by atoms with E-state index in [4.69, 9.17) is 0 Å². The van der Waals surface area contributed by atoms with Crippen LogP contribution in [0.4, 0.5) is 23.7 Å². The van der Waals surface area contributed by atoms with Crippen molar-refractivity contribution in [2.75, 3.05) is 11.9 Å². The van der Waals surface area contributed by atoms with Gasteiger partial charge in [-0.2, -0.15) is 13.2 Å². The molecule has 1 atom stereocenters. The van der Waals surface area contributed by atoms with Gasteiger partial charge < -0.3 is 10.6 Å². The van der Waals surface area contributed by atoms with Crippen LogP contribution in [0.2, 0.25) is 0 Å². The Labute approximate surface area is 163 Å². The molecule has 1 heterocycles. The lowest BCUT2D eigenvalue weighted by Crippen LogP contribution is -2.43. The monoisotopic (exact) mass is 403 g/mol. The van der Waals surface area contributed by atoms with Gasteiger partial charge in [-0.3, -0.25) is 14.5 Å². The summed E-state index contributed by atoms with van der Waals surface area (Å²) in [4.78, 5) is 38.5. The molecule has 6 nitrogen and oxygen atoms in total. The number of urea groups is 1. The Morgan fingerprint density at radius 3 is 2.48 bits per heavy atom. The zero-order valence-corrected chi connectivity index (χ0v) is 15.0. The zero-order valence-electron chi connectivity index (χ0n) is 15.0. The van der Waals surface area contributed by atoms with Gasteiger partial charge in [0.15, 0.2) is 0 Å². The molecule has 9 heteroatoms. The number of alkyl halides is 3. The van der Waals surface area contributed by atoms with Crippen LogP contribution in [0.15, 0.2) is 48.5 Å². The van der Waals surface area contributed by atoms with Crippen molar-refractivity contribution in [3.05, 3.63) is 65.2 Å². The van der Waals surface area contributed by atoms with Gasteiger partial charge in [-0.05, 0) is 48.2 Å². The Morgan fingerprint density at radius 2 is 1.79 bits per heavy atom. The van der Waals surface area contributed by atoms with Crippen LogP contribution in [0.25, 0.3) is 0 Å². The number of anilines is 1. The number of carbonyl (C=O) groups excluding carboxylic acids is 3. The molecule has 4 amide bonds. The molecular formula is C20H16F3N3O3. The molecule has 1 saturated heterocycles. The molecule has 1 aliphatic carbocycles. The fourth-order valence-corrected chi connectivity index (χ4v) is 3.82. The quantitative estimate of drug-likeness (QED) is 0.774. The van der Waals surface area contributed by atoms with Crippen molar-refractivity contribution < 1.29 is 27.6 Å². The second kappa shape index (κ2) is 6.61. The lowest BCUT2D eigenvalue weighted by molar-refractivity contribution is -0.137. The van der Waals surface area contributed by atoms with Crippen molar-refractivity contribution in [2.45, 2.75) is 24.6 Å². The number of hydrogen-bond acceptors (Lipinski definition) is 3. The van der Waals surface area contributed by atoms with E-state index >= 15 is 0 Å². The zero-order chi connectivity index (χ0) is 20.8. The van der Waals surface area contributed by atoms with Crippen LogP contribution in [0.5, 0.6) is 0 Å². The van der Waals surface area contributed by atoms with Gasteiger partial charge in [-0.25, -0.2) is 4.79 Å². The average Bonchev–Trinajstić information content (AvgIpc) is 3.15. The van der Waals surface area contributed by atoms with Gasteiger partial charge in [-0.1, -0.05) is 24.3 Å². The van der Waals surface area contributed by atoms with Crippen LogP contribution in [-0.2, 0) is 27.7 Å². The van der Waals surface area contributed by atoms with Crippen molar-refractivity contribution >= 4 is 23.5 Å². The summed E-state index contributed by atoms with van der Waals surface area (Å²) in [6.07, 6.45) is -3.43. The summed E-state index contributed by atoms with van der Waals surface area (Å²) in [7, 11) is 0. The average molecular weight is 403 g/mol. The number of nitrogens with one attached hydrogen (secondary N) is 2. The number of nitrogens with zero attached hydrogens (tertiary/aromatic N) is 1. The van der Waals surface area contributed by atoms with E-state index < -0.39 is 41.7 Å². The smallest absolute Gasteiger partial charge is 0.325 e. The maximum Gasteiger partial charge on any atom is 0.416 e. The Bertz CT molecular complexity index is 1000. The lowest BCUT2D eigenvalue weighted by Gasteiger charge is -2.22. The number of aryl methyl sites for hydroxylation is 1. The molecule has 2 aromatic rings. The predicted molar refractivity (Wildman–Crippen MR) is 96.8 cm³/mol. The summed E-state index contributed by atoms with van der Waals surface area (Å²) < 4.78 is 37.8. The minimum Gasteiger partial charge on any atom is -0.325 e. The van der Waals surface area contributed by atoms with Gasteiger partial charge >= 0.3 is 12.2 Å². The normalized spacial score (nSPS) is 20.7. The minimum atomic E-state index is -4.48. The maximum atomic E-state index is 13.0. The molecular weight excluding hydrogens is 387 g/mol. The first-order chi connectivity index (χ1) is 13.7. The summed E-state index contributed by atoms with van der Waals surface area (Å²) in [5, 5.41) is 5.12. The van der Waals surface area contributed by atoms with Crippen LogP contribution in [-0.4, -0.2) is 29.3 Å². The maximum absolute atomic E-state index is 13.0. The number of halogens is 3. The summed E-state index contributed by atoms with van der Waals surface area (Å²) in [6, 6.07) is 10.5. The summed E-state index contributed by atoms with van der Waals surface area (Å²) in [6.45, 7) is -0.532. The third-order valence-corrected chi connectivity index (χ3v) is 5.22. The van der Waals surface area contributed by atoms with Crippen molar-refractivity contribution in [3.63, 3.8) is 0 Å². The van der Waals surface area contributed by atoms with Gasteiger partial charge in [0.05, 0.1) is 5.56 Å². The highest BCUT2D eigenvalue weighted by atomic mass is 19.4. The van der Waals surface area contributed by atoms with Crippen LogP contribution in [0, 0.1) is 0 Å². The molecule has 1 fully saturated rings. The molecule has 0 aromatic heterocycles. The molecule has 2 aromatic carbocycles. The predicted octanol–water partition coefficient (Wildman–Crippen LogP) is 3.04. The molecule has 1 unspecified atom stereocenters. The van der Waals surface area contributed by atoms with E-state index in [1.807, 2.05) is 12.1 Å². The first-order valence-corrected chi connectivity index (χ1v) is 8.90. The van der Waals surface area contributed by atoms with Crippen LogP contribution in [0.1, 0.15) is 23.1 Å². The fourth-order valence-electron chi connectivity index (χ4n) is 3.82. The number of fused-ring (bicyclic) bond motifs is 2. The summed E-state index contributed by atoms with van der Waals surface area (Å²) in [5.74, 6) is -1.19. The molecule has 150 valence electrons. The highest BCUT2D eigenvalue weighted by molar-refractivity contribution is 6.10. The van der Waals surface area contributed by atoms with E-state index in [1.54, 1.807) is 12.1 Å². The molecule has 0 saturated carbocycles. The van der Waals surface area contributed by atoms with Crippen molar-refractivity contribution in [2.24, 2.45) is 0 Å². The van der Waals surface area contributed by atoms with E-state index in [-0.39, 0.29) is 5.69 Å². The second-order valence-electron chi connectivity index (χ2n) is 7.01. The highest BCUT2D eigenvalue weighted by Crippen LogP contribution is 2.41. The Hall–Kier alpha value is -3.36. The third-order valence-electron chi connectivity index (χ3n) is 5.22. The highest BCUT2D eigenvalue weighted by Gasteiger charge is 2.55. The van der Waals surface area contributed by atoms with Gasteiger partial charge in [-0.15, -0.1) is 0 Å². The van der Waals surface area contributed by atoms with Crippen molar-refractivity contribution in [3.8, 4) is 0 Å².